The lowest BCUT2D eigenvalue weighted by molar-refractivity contribution is 1.15. The molecule has 0 bridgehead atoms. The lowest BCUT2D eigenvalue weighted by Crippen LogP contribution is -1.98. The van der Waals surface area contributed by atoms with Gasteiger partial charge in [0, 0.05) is 23.8 Å². The first-order chi connectivity index (χ1) is 7.70. The van der Waals surface area contributed by atoms with Crippen molar-refractivity contribution in [1.82, 2.24) is 14.4 Å². The van der Waals surface area contributed by atoms with E-state index in [4.69, 9.17) is 0 Å². The second-order valence-electron chi connectivity index (χ2n) is 3.82. The zero-order valence-corrected chi connectivity index (χ0v) is 10.2. The number of fused-ring (bicyclic) bond motifs is 3. The molecule has 0 fully saturated rings. The summed E-state index contributed by atoms with van der Waals surface area (Å²) >= 11 is 1.75. The maximum atomic E-state index is 4.57. The quantitative estimate of drug-likeness (QED) is 0.701. The zero-order valence-electron chi connectivity index (χ0n) is 9.40. The highest BCUT2D eigenvalue weighted by Crippen LogP contribution is 2.28. The fraction of sp³-hybridized carbons (Fsp3) is 0.273. The molecule has 3 aromatic heterocycles. The van der Waals surface area contributed by atoms with Crippen molar-refractivity contribution in [3.05, 3.63) is 22.8 Å². The molecule has 0 saturated heterocycles. The maximum absolute atomic E-state index is 4.57. The Morgan fingerprint density at radius 3 is 2.94 bits per heavy atom. The number of nitrogens with one attached hydrogen (secondary N) is 1. The molecule has 5 heteroatoms. The van der Waals surface area contributed by atoms with Crippen LogP contribution < -0.4 is 5.32 Å². The largest absolute Gasteiger partial charge is 0.370 e. The van der Waals surface area contributed by atoms with Crippen LogP contribution in [0.4, 0.5) is 5.82 Å². The normalized spacial score (nSPS) is 11.4. The SMILES string of the molecule is CNc1nc2cc(C)sc2n2c(C)cnc12. The van der Waals surface area contributed by atoms with E-state index in [-0.39, 0.29) is 0 Å². The number of imidazole rings is 1. The fourth-order valence-electron chi connectivity index (χ4n) is 1.93. The summed E-state index contributed by atoms with van der Waals surface area (Å²) in [5.74, 6) is 0.832. The van der Waals surface area contributed by atoms with Crippen molar-refractivity contribution in [3.8, 4) is 0 Å². The Balaban J connectivity index is 2.59. The van der Waals surface area contributed by atoms with Gasteiger partial charge in [0.1, 0.15) is 10.3 Å². The van der Waals surface area contributed by atoms with Crippen LogP contribution >= 0.6 is 11.3 Å². The summed E-state index contributed by atoms with van der Waals surface area (Å²) in [6.07, 6.45) is 1.88. The van der Waals surface area contributed by atoms with E-state index < -0.39 is 0 Å². The molecule has 0 atom stereocenters. The van der Waals surface area contributed by atoms with Gasteiger partial charge in [-0.2, -0.15) is 0 Å². The zero-order chi connectivity index (χ0) is 11.3. The molecule has 0 spiro atoms. The Kier molecular flexibility index (Phi) is 1.91. The Hall–Kier alpha value is -1.62. The summed E-state index contributed by atoms with van der Waals surface area (Å²) in [7, 11) is 1.87. The highest BCUT2D eigenvalue weighted by atomic mass is 32.1. The highest BCUT2D eigenvalue weighted by molar-refractivity contribution is 7.18. The molecule has 0 aliphatic rings. The van der Waals surface area contributed by atoms with E-state index >= 15 is 0 Å². The van der Waals surface area contributed by atoms with E-state index in [1.165, 1.54) is 9.71 Å². The number of hydrogen-bond donors (Lipinski definition) is 1. The van der Waals surface area contributed by atoms with Gasteiger partial charge >= 0.3 is 0 Å². The molecular formula is C11H12N4S. The van der Waals surface area contributed by atoms with Crippen LogP contribution in [0.2, 0.25) is 0 Å². The molecular weight excluding hydrogens is 220 g/mol. The van der Waals surface area contributed by atoms with Crippen molar-refractivity contribution < 1.29 is 0 Å². The summed E-state index contributed by atoms with van der Waals surface area (Å²) < 4.78 is 2.16. The van der Waals surface area contributed by atoms with Crippen molar-refractivity contribution in [1.29, 1.82) is 0 Å². The predicted molar refractivity (Wildman–Crippen MR) is 67.4 cm³/mol. The van der Waals surface area contributed by atoms with Crippen molar-refractivity contribution in [3.63, 3.8) is 0 Å². The van der Waals surface area contributed by atoms with Gasteiger partial charge in [-0.3, -0.25) is 4.40 Å². The molecule has 3 heterocycles. The number of anilines is 1. The highest BCUT2D eigenvalue weighted by Gasteiger charge is 2.12. The monoisotopic (exact) mass is 232 g/mol. The standard InChI is InChI=1S/C11H12N4S/c1-6-5-13-10-9(12-3)14-8-4-7(2)16-11(8)15(6)10/h4-5H,1-3H3,(H,12,14). The van der Waals surface area contributed by atoms with Crippen LogP contribution in [0.3, 0.4) is 0 Å². The van der Waals surface area contributed by atoms with Crippen molar-refractivity contribution in [2.24, 2.45) is 0 Å². The van der Waals surface area contributed by atoms with Gasteiger partial charge in [0.15, 0.2) is 11.5 Å². The van der Waals surface area contributed by atoms with Gasteiger partial charge in [0.25, 0.3) is 0 Å². The molecule has 0 saturated carbocycles. The van der Waals surface area contributed by atoms with Gasteiger partial charge in [-0.05, 0) is 19.9 Å². The van der Waals surface area contributed by atoms with E-state index in [1.807, 2.05) is 13.2 Å². The lowest BCUT2D eigenvalue weighted by atomic mass is 10.4. The third kappa shape index (κ3) is 1.15. The van der Waals surface area contributed by atoms with Crippen molar-refractivity contribution >= 4 is 33.1 Å². The molecule has 0 aromatic carbocycles. The first kappa shape index (κ1) is 9.59. The summed E-state index contributed by atoms with van der Waals surface area (Å²) in [6, 6.07) is 2.11. The van der Waals surface area contributed by atoms with Crippen LogP contribution in [-0.2, 0) is 0 Å². The first-order valence-electron chi connectivity index (χ1n) is 5.12. The molecule has 3 aromatic rings. The number of aryl methyl sites for hydroxylation is 2. The minimum absolute atomic E-state index is 0.832. The Morgan fingerprint density at radius 1 is 1.38 bits per heavy atom. The summed E-state index contributed by atoms with van der Waals surface area (Å²) in [5.41, 5.74) is 3.07. The fourth-order valence-corrected chi connectivity index (χ4v) is 2.93. The van der Waals surface area contributed by atoms with Gasteiger partial charge in [0.05, 0.1) is 0 Å². The van der Waals surface area contributed by atoms with E-state index in [0.29, 0.717) is 0 Å². The summed E-state index contributed by atoms with van der Waals surface area (Å²) in [6.45, 7) is 4.16. The Bertz CT molecular complexity index is 680. The van der Waals surface area contributed by atoms with Gasteiger partial charge in [-0.15, -0.1) is 11.3 Å². The summed E-state index contributed by atoms with van der Waals surface area (Å²) in [4.78, 5) is 11.4. The minimum atomic E-state index is 0.832. The minimum Gasteiger partial charge on any atom is -0.370 e. The molecule has 0 amide bonds. The van der Waals surface area contributed by atoms with E-state index in [0.717, 1.165) is 22.7 Å². The van der Waals surface area contributed by atoms with Crippen LogP contribution in [0.15, 0.2) is 12.3 Å². The van der Waals surface area contributed by atoms with Crippen LogP contribution in [0, 0.1) is 13.8 Å². The smallest absolute Gasteiger partial charge is 0.181 e. The third-order valence-corrected chi connectivity index (χ3v) is 3.66. The van der Waals surface area contributed by atoms with Crippen LogP contribution in [0.1, 0.15) is 10.6 Å². The topological polar surface area (TPSA) is 42.2 Å². The number of rotatable bonds is 1. The van der Waals surface area contributed by atoms with E-state index in [9.17, 15) is 0 Å². The third-order valence-electron chi connectivity index (χ3n) is 2.64. The van der Waals surface area contributed by atoms with Gasteiger partial charge < -0.3 is 5.32 Å². The number of hydrogen-bond acceptors (Lipinski definition) is 4. The number of nitrogens with zero attached hydrogens (tertiary/aromatic N) is 3. The molecule has 1 N–H and O–H groups in total. The molecule has 0 aliphatic heterocycles. The van der Waals surface area contributed by atoms with Crippen molar-refractivity contribution in [2.45, 2.75) is 13.8 Å². The number of aromatic nitrogens is 3. The Morgan fingerprint density at radius 2 is 2.19 bits per heavy atom. The van der Waals surface area contributed by atoms with Gasteiger partial charge in [-0.1, -0.05) is 0 Å². The van der Waals surface area contributed by atoms with Gasteiger partial charge in [-0.25, -0.2) is 9.97 Å². The molecule has 16 heavy (non-hydrogen) atoms. The van der Waals surface area contributed by atoms with Crippen LogP contribution in [0.5, 0.6) is 0 Å². The van der Waals surface area contributed by atoms with E-state index in [2.05, 4.69) is 39.6 Å². The molecule has 3 rings (SSSR count). The average molecular weight is 232 g/mol. The molecule has 0 radical (unpaired) electrons. The Labute approximate surface area is 97.0 Å². The second kappa shape index (κ2) is 3.18. The maximum Gasteiger partial charge on any atom is 0.181 e. The van der Waals surface area contributed by atoms with E-state index in [1.54, 1.807) is 11.3 Å². The molecule has 0 unspecified atom stereocenters. The van der Waals surface area contributed by atoms with Crippen LogP contribution in [0.25, 0.3) is 16.0 Å². The molecule has 0 aliphatic carbocycles. The van der Waals surface area contributed by atoms with Gasteiger partial charge in [0.2, 0.25) is 0 Å². The van der Waals surface area contributed by atoms with Crippen LogP contribution in [-0.4, -0.2) is 21.4 Å². The first-order valence-corrected chi connectivity index (χ1v) is 5.94. The average Bonchev–Trinajstić information content (AvgIpc) is 2.80. The summed E-state index contributed by atoms with van der Waals surface area (Å²) in [5, 5.41) is 3.09. The lowest BCUT2D eigenvalue weighted by Gasteiger charge is -2.04. The van der Waals surface area contributed by atoms with Crippen molar-refractivity contribution in [2.75, 3.05) is 12.4 Å². The number of thiophene rings is 1. The molecule has 4 nitrogen and oxygen atoms in total. The predicted octanol–water partition coefficient (Wildman–Crippen LogP) is 2.60. The molecule has 82 valence electrons. The second-order valence-corrected chi connectivity index (χ2v) is 5.05.